The highest BCUT2D eigenvalue weighted by Gasteiger charge is 2.59. The first-order valence-electron chi connectivity index (χ1n) is 19.3. The molecule has 13 nitrogen and oxygen atoms in total. The maximum absolute atomic E-state index is 9.76. The van der Waals surface area contributed by atoms with Crippen molar-refractivity contribution in [3.05, 3.63) is 47.3 Å². The highest BCUT2D eigenvalue weighted by atomic mass is 31.3. The number of hydrogen-bond acceptors (Lipinski definition) is 13. The maximum Gasteiger partial charge on any atom is 0.663 e. The number of fused-ring (bicyclic) bond motifs is 3. The fourth-order valence-corrected chi connectivity index (χ4v) is 12.1. The van der Waals surface area contributed by atoms with Crippen LogP contribution in [-0.2, 0) is 17.7 Å². The predicted octanol–water partition coefficient (Wildman–Crippen LogP) is 10.0. The minimum absolute atomic E-state index is 0. The molecule has 0 heterocycles. The predicted molar refractivity (Wildman–Crippen MR) is 221 cm³/mol. The average Bonchev–Trinajstić information content (AvgIpc) is 3.01. The van der Waals surface area contributed by atoms with Gasteiger partial charge in [-0.15, -0.1) is 0 Å². The van der Waals surface area contributed by atoms with E-state index in [1.165, 1.54) is 57.0 Å². The monoisotopic (exact) mass is 850 g/mol. The van der Waals surface area contributed by atoms with E-state index in [4.69, 9.17) is 38.4 Å². The van der Waals surface area contributed by atoms with Gasteiger partial charge in [0, 0.05) is 1.43 Å². The highest BCUT2D eigenvalue weighted by molar-refractivity contribution is 7.70. The molecule has 3 rings (SSSR count). The van der Waals surface area contributed by atoms with Gasteiger partial charge in [-0.05, 0) is 145 Å². The van der Waals surface area contributed by atoms with E-state index in [2.05, 4.69) is 61.5 Å². The minimum atomic E-state index is -4.76. The lowest BCUT2D eigenvalue weighted by atomic mass is 9.51. The van der Waals surface area contributed by atoms with Crippen molar-refractivity contribution in [1.29, 1.82) is 0 Å². The van der Waals surface area contributed by atoms with Crippen LogP contribution in [0.1, 0.15) is 139 Å². The lowest BCUT2D eigenvalue weighted by Gasteiger charge is -2.54. The molecule has 0 spiro atoms. The second kappa shape index (κ2) is 23.0. The number of hydrogen-bond donors (Lipinski definition) is 9. The van der Waals surface area contributed by atoms with Crippen LogP contribution in [0.4, 0.5) is 0 Å². The lowest BCUT2D eigenvalue weighted by molar-refractivity contribution is -0.0325. The quantitative estimate of drug-likeness (QED) is 0.0256. The Balaban J connectivity index is 0.000000541. The van der Waals surface area contributed by atoms with E-state index in [1.807, 2.05) is 13.0 Å². The summed E-state index contributed by atoms with van der Waals surface area (Å²) in [5.74, 6) is 3.63. The summed E-state index contributed by atoms with van der Waals surface area (Å²) in [6.45, 7) is 14.7. The maximum atomic E-state index is 9.76. The van der Waals surface area contributed by atoms with Crippen molar-refractivity contribution in [3.63, 3.8) is 0 Å². The second-order valence-electron chi connectivity index (χ2n) is 16.5. The molecule has 17 heteroatoms. The Morgan fingerprint density at radius 3 is 2.15 bits per heavy atom. The van der Waals surface area contributed by atoms with Gasteiger partial charge in [-0.2, -0.15) is 48.6 Å². The van der Waals surface area contributed by atoms with Crippen molar-refractivity contribution in [2.24, 2.45) is 35.0 Å². The molecule has 0 saturated heterocycles. The normalized spacial score (nSPS) is 25.9. The van der Waals surface area contributed by atoms with Crippen LogP contribution in [0, 0.1) is 35.0 Å². The van der Waals surface area contributed by atoms with Gasteiger partial charge in [0.1, 0.15) is 23.8 Å². The molecule has 6 atom stereocenters. The summed E-state index contributed by atoms with van der Waals surface area (Å²) in [7, 11) is -17.2. The SMILES string of the molecule is CC(C)=CCC/C=C/CCC(C)CCC/C(C)=C/CO[P+](C)(O)O[P+](O)(O)O.CC1(C)CCCC2C1CCC1C/C(=C\O[P+](O)(O)O[P+](O)(O)O)CC[C@H]12.[HH]. The van der Waals surface area contributed by atoms with E-state index in [-0.39, 0.29) is 8.03 Å². The first-order valence-corrected chi connectivity index (χ1v) is 26.0. The summed E-state index contributed by atoms with van der Waals surface area (Å²) < 4.78 is 18.4. The molecule has 0 bridgehead atoms. The zero-order valence-electron chi connectivity index (χ0n) is 33.5. The van der Waals surface area contributed by atoms with E-state index in [0.717, 1.165) is 86.7 Å². The molecule has 0 aromatic carbocycles. The van der Waals surface area contributed by atoms with Crippen LogP contribution in [0.25, 0.3) is 0 Å². The van der Waals surface area contributed by atoms with Crippen molar-refractivity contribution in [1.82, 2.24) is 0 Å². The van der Waals surface area contributed by atoms with E-state index >= 15 is 0 Å². The third-order valence-electron chi connectivity index (χ3n) is 10.9. The van der Waals surface area contributed by atoms with Crippen LogP contribution in [0.3, 0.4) is 0 Å². The Labute approximate surface area is 328 Å². The second-order valence-corrected chi connectivity index (χ2v) is 22.9. The first kappa shape index (κ1) is 50.1. The lowest BCUT2D eigenvalue weighted by Crippen LogP contribution is -2.45. The molecule has 0 aliphatic heterocycles. The summed E-state index contributed by atoms with van der Waals surface area (Å²) in [5, 5.41) is 0. The van der Waals surface area contributed by atoms with Crippen LogP contribution < -0.4 is 0 Å². The molecule has 0 aromatic rings. The molecular formula is C37H74O13P4+4. The Morgan fingerprint density at radius 2 is 1.50 bits per heavy atom. The average molecular weight is 851 g/mol. The Morgan fingerprint density at radius 1 is 0.833 bits per heavy atom. The van der Waals surface area contributed by atoms with Gasteiger partial charge in [-0.1, -0.05) is 69.1 Å². The van der Waals surface area contributed by atoms with Crippen molar-refractivity contribution in [3.8, 4) is 0 Å². The zero-order valence-corrected chi connectivity index (χ0v) is 37.1. The van der Waals surface area contributed by atoms with Crippen molar-refractivity contribution in [2.45, 2.75) is 138 Å². The van der Waals surface area contributed by atoms with Gasteiger partial charge in [0.05, 0.1) is 4.31 Å². The third kappa shape index (κ3) is 21.1. The first-order chi connectivity index (χ1) is 24.9. The van der Waals surface area contributed by atoms with Gasteiger partial charge in [-0.25, -0.2) is 0 Å². The fourth-order valence-electron chi connectivity index (χ4n) is 8.35. The van der Waals surface area contributed by atoms with E-state index in [0.29, 0.717) is 17.3 Å². The Hall–Kier alpha value is -0.000000000000000125. The molecule has 9 N–H and O–H groups in total. The zero-order chi connectivity index (χ0) is 40.8. The molecule has 0 amide bonds. The summed E-state index contributed by atoms with van der Waals surface area (Å²) in [6.07, 6.45) is 26.9. The van der Waals surface area contributed by atoms with Gasteiger partial charge in [0.15, 0.2) is 0 Å². The molecule has 3 fully saturated rings. The van der Waals surface area contributed by atoms with Crippen LogP contribution in [0.2, 0.25) is 0 Å². The number of allylic oxidation sites excluding steroid dienone is 6. The molecular weight excluding hydrogens is 776 g/mol. The molecule has 316 valence electrons. The van der Waals surface area contributed by atoms with Crippen LogP contribution in [0.15, 0.2) is 47.3 Å². The topological polar surface area (TPSA) is 219 Å². The standard InChI is InChI=1S/C20H40O6P2.C17H32O7P2.H2/c1-18(2)12-9-7-6-8-10-13-19(3)14-11-15-20(4)16-17-25-27(5,21)26-28(22,23)24;1-17(2)9-3-4-15-14-7-5-12(10-13(14)6-8-16(15)17)11-23-26(21,22)24-25(18,19)20;/h6,8,12,16,19,21-24H,7,9-11,13-15,17H2,1-5H3;11,13-16,18-22H,3-10H2,1-2H3;1H/q2*+2;/b8-6+,20-16+;12-11-;/t;13?,14-,15?,16?;/m.1./s1. The van der Waals surface area contributed by atoms with Crippen molar-refractivity contribution < 1.29 is 63.1 Å². The van der Waals surface area contributed by atoms with Crippen LogP contribution in [-0.4, -0.2) is 57.3 Å². The van der Waals surface area contributed by atoms with Gasteiger partial charge < -0.3 is 0 Å². The molecule has 3 aliphatic carbocycles. The molecule has 3 aliphatic rings. The van der Waals surface area contributed by atoms with E-state index in [1.54, 1.807) is 0 Å². The Kier molecular flexibility index (Phi) is 21.3. The fraction of sp³-hybridized carbons (Fsp3) is 0.784. The van der Waals surface area contributed by atoms with Gasteiger partial charge in [0.2, 0.25) is 0 Å². The number of rotatable bonds is 19. The molecule has 3 saturated carbocycles. The summed E-state index contributed by atoms with van der Waals surface area (Å²) in [5.41, 5.74) is 3.94. The minimum Gasteiger partial charge on any atom is -0.267 e. The van der Waals surface area contributed by atoms with Gasteiger partial charge in [0.25, 0.3) is 0 Å². The largest absolute Gasteiger partial charge is 0.663 e. The Bertz CT molecular complexity index is 1240. The van der Waals surface area contributed by atoms with Crippen LogP contribution >= 0.6 is 32.5 Å². The molecule has 54 heavy (non-hydrogen) atoms. The summed E-state index contributed by atoms with van der Waals surface area (Å²) in [4.78, 5) is 81.8. The van der Waals surface area contributed by atoms with Gasteiger partial charge in [-0.3, -0.25) is 4.52 Å². The van der Waals surface area contributed by atoms with Gasteiger partial charge >= 0.3 is 32.5 Å². The van der Waals surface area contributed by atoms with Crippen LogP contribution in [0.5, 0.6) is 0 Å². The molecule has 0 radical (unpaired) electrons. The van der Waals surface area contributed by atoms with E-state index in [9.17, 15) is 14.7 Å². The smallest absolute Gasteiger partial charge is 0.267 e. The molecule has 0 aromatic heterocycles. The third-order valence-corrected chi connectivity index (χ3v) is 15.8. The summed E-state index contributed by atoms with van der Waals surface area (Å²) >= 11 is 0. The number of unbranched alkanes of at least 4 members (excludes halogenated alkanes) is 1. The van der Waals surface area contributed by atoms with E-state index < -0.39 is 32.5 Å². The summed E-state index contributed by atoms with van der Waals surface area (Å²) in [6, 6.07) is 0. The molecule has 5 unspecified atom stereocenters. The van der Waals surface area contributed by atoms with Crippen molar-refractivity contribution in [2.75, 3.05) is 13.3 Å². The highest BCUT2D eigenvalue weighted by Crippen LogP contribution is 2.68. The van der Waals surface area contributed by atoms with Crippen molar-refractivity contribution >= 4 is 32.5 Å².